The standard InChI is InChI=1S/C55H82N4O12/c1-49(27-61)17-18-54(48(68)69)19-20-55-16-6-5-10-31(39-32(25-60)46(67)59-41(39)30(11-9-21-56)35-24-57-29-58-35)40-43(65)45(71-47-44(66)42(64)36(63)26-70-47)50(2,28-62)38-23-53(14-7-8-15-53)52(55,4)37(51(38,40)3)13-12-33(55)34(54)22-49/h12,24,29-32,34,36-45,47,60-66H,6-9,11,13-23,25-28,56H2,1-4H3,(H,57,58)(H,59,67)(H,68,69). The molecule has 16 nitrogen and oxygen atoms in total. The summed E-state index contributed by atoms with van der Waals surface area (Å²) in [7, 11) is 0. The maximum absolute atomic E-state index is 14.5. The molecule has 21 unspecified atom stereocenters. The summed E-state index contributed by atoms with van der Waals surface area (Å²) in [6.07, 6.45) is 7.46. The number of carbonyl (C=O) groups is 2. The predicted molar refractivity (Wildman–Crippen MR) is 259 cm³/mol. The van der Waals surface area contributed by atoms with Gasteiger partial charge < -0.3 is 66.4 Å². The van der Waals surface area contributed by atoms with Crippen LogP contribution in [0.4, 0.5) is 0 Å². The summed E-state index contributed by atoms with van der Waals surface area (Å²) < 4.78 is 12.8. The first kappa shape index (κ1) is 51.5. The topological polar surface area (TPSA) is 281 Å². The second kappa shape index (κ2) is 18.4. The summed E-state index contributed by atoms with van der Waals surface area (Å²) in [6, 6.07) is -0.566. The average molecular weight is 991 g/mol. The van der Waals surface area contributed by atoms with E-state index >= 15 is 0 Å². The normalized spacial score (nSPS) is 49.1. The fourth-order valence-electron chi connectivity index (χ4n) is 19.1. The van der Waals surface area contributed by atoms with E-state index in [0.29, 0.717) is 77.2 Å². The Morgan fingerprint density at radius 1 is 0.958 bits per heavy atom. The number of hydrogen-bond donors (Lipinski definition) is 11. The van der Waals surface area contributed by atoms with Gasteiger partial charge in [0.2, 0.25) is 5.91 Å². The molecule has 21 atom stereocenters. The van der Waals surface area contributed by atoms with Crippen molar-refractivity contribution >= 4 is 11.9 Å². The van der Waals surface area contributed by atoms with E-state index in [2.05, 4.69) is 54.0 Å². The maximum atomic E-state index is 14.5. The number of aromatic nitrogens is 2. The highest BCUT2D eigenvalue weighted by atomic mass is 16.7. The van der Waals surface area contributed by atoms with Crippen LogP contribution < -0.4 is 11.1 Å². The van der Waals surface area contributed by atoms with Crippen molar-refractivity contribution in [1.82, 2.24) is 15.3 Å². The molecule has 0 aromatic carbocycles. The van der Waals surface area contributed by atoms with Gasteiger partial charge in [-0.25, -0.2) is 4.98 Å². The first-order chi connectivity index (χ1) is 33.8. The summed E-state index contributed by atoms with van der Waals surface area (Å²) in [6.45, 7) is 8.07. The van der Waals surface area contributed by atoms with Gasteiger partial charge in [0.1, 0.15) is 18.3 Å². The zero-order valence-electron chi connectivity index (χ0n) is 42.3. The second-order valence-corrected chi connectivity index (χ2v) is 25.3. The first-order valence-electron chi connectivity index (χ1n) is 27.0. The van der Waals surface area contributed by atoms with Crippen LogP contribution in [0.15, 0.2) is 24.2 Å². The van der Waals surface area contributed by atoms with Gasteiger partial charge in [0.05, 0.1) is 49.7 Å². The van der Waals surface area contributed by atoms with E-state index in [4.69, 9.17) is 15.2 Å². The highest BCUT2D eigenvalue weighted by molar-refractivity contribution is 5.82. The van der Waals surface area contributed by atoms with E-state index in [1.54, 1.807) is 12.5 Å². The van der Waals surface area contributed by atoms with Crippen molar-refractivity contribution in [3.8, 4) is 11.8 Å². The molecular weight excluding hydrogens is 909 g/mol. The molecule has 7 aliphatic carbocycles. The molecule has 5 saturated carbocycles. The lowest BCUT2D eigenvalue weighted by atomic mass is 9.25. The number of nitrogens with zero attached hydrogens (tertiary/aromatic N) is 1. The van der Waals surface area contributed by atoms with Gasteiger partial charge in [-0.2, -0.15) is 0 Å². The Kier molecular flexibility index (Phi) is 13.4. The van der Waals surface area contributed by atoms with Crippen LogP contribution in [0, 0.1) is 91.2 Å². The Morgan fingerprint density at radius 3 is 2.37 bits per heavy atom. The molecule has 0 radical (unpaired) electrons. The number of carbonyl (C=O) groups excluding carboxylic acids is 1. The lowest BCUT2D eigenvalue weighted by Crippen LogP contribution is -2.77. The minimum absolute atomic E-state index is 0.0251. The summed E-state index contributed by atoms with van der Waals surface area (Å²) in [5.74, 6) is 2.26. The molecule has 2 aliphatic heterocycles. The third-order valence-corrected chi connectivity index (χ3v) is 22.8. The number of aliphatic hydroxyl groups is 7. The van der Waals surface area contributed by atoms with Crippen molar-refractivity contribution in [2.24, 2.45) is 85.1 Å². The van der Waals surface area contributed by atoms with Gasteiger partial charge in [-0.05, 0) is 128 Å². The predicted octanol–water partition coefficient (Wildman–Crippen LogP) is 3.37. The van der Waals surface area contributed by atoms with E-state index in [1.165, 1.54) is 5.57 Å². The number of carboxylic acids is 1. The van der Waals surface area contributed by atoms with Crippen LogP contribution in [-0.4, -0.2) is 139 Å². The molecule has 2 spiro atoms. The zero-order chi connectivity index (χ0) is 50.7. The zero-order valence-corrected chi connectivity index (χ0v) is 42.3. The van der Waals surface area contributed by atoms with Crippen molar-refractivity contribution in [3.63, 3.8) is 0 Å². The average Bonchev–Trinajstić information content (AvgIpc) is 4.14. The van der Waals surface area contributed by atoms with Crippen LogP contribution in [-0.2, 0) is 19.1 Å². The molecule has 12 N–H and O–H groups in total. The van der Waals surface area contributed by atoms with Gasteiger partial charge in [0.15, 0.2) is 6.29 Å². The largest absolute Gasteiger partial charge is 0.481 e. The fraction of sp³-hybridized carbons (Fsp3) is 0.836. The summed E-state index contributed by atoms with van der Waals surface area (Å²) in [4.78, 5) is 36.0. The highest BCUT2D eigenvalue weighted by Gasteiger charge is 2.80. The highest BCUT2D eigenvalue weighted by Crippen LogP contribution is 2.84. The lowest BCUT2D eigenvalue weighted by molar-refractivity contribution is -0.355. The first-order valence-corrected chi connectivity index (χ1v) is 27.0. The van der Waals surface area contributed by atoms with Gasteiger partial charge in [-0.3, -0.25) is 9.59 Å². The number of H-pyrrole nitrogens is 1. The molecule has 4 bridgehead atoms. The smallest absolute Gasteiger partial charge is 0.310 e. The molecule has 7 fully saturated rings. The number of rotatable bonds is 12. The number of imidazole rings is 1. The van der Waals surface area contributed by atoms with E-state index in [1.807, 2.05) is 6.92 Å². The summed E-state index contributed by atoms with van der Waals surface area (Å²) >= 11 is 0. The van der Waals surface area contributed by atoms with Crippen LogP contribution in [0.5, 0.6) is 0 Å². The third kappa shape index (κ3) is 7.16. The minimum Gasteiger partial charge on any atom is -0.481 e. The van der Waals surface area contributed by atoms with Crippen LogP contribution in [0.1, 0.15) is 136 Å². The van der Waals surface area contributed by atoms with Crippen LogP contribution in [0.3, 0.4) is 0 Å². The number of carboxylic acid groups (broad SMARTS) is 1. The SMILES string of the molecule is CC1(CO)CCC2(C(=O)O)CCC34CCC#CC(C5C(CO)C(=O)NC5C(CCCN)c5cnc[nH]5)C5C(O)C(OC6OCC(O)C(O)C6O)C(C)(CO)C6CC7(CCCC7)C3(C)C(CC=C4C2C1)C56C. The van der Waals surface area contributed by atoms with E-state index in [9.17, 15) is 50.4 Å². The van der Waals surface area contributed by atoms with Gasteiger partial charge in [-0.15, -0.1) is 5.92 Å². The molecular formula is C55H82N4O12. The Hall–Kier alpha value is -2.95. The van der Waals surface area contributed by atoms with Crippen molar-refractivity contribution in [3.05, 3.63) is 29.9 Å². The monoisotopic (exact) mass is 991 g/mol. The van der Waals surface area contributed by atoms with E-state index in [0.717, 1.165) is 31.4 Å². The minimum atomic E-state index is -1.67. The van der Waals surface area contributed by atoms with Crippen LogP contribution in [0.2, 0.25) is 0 Å². The summed E-state index contributed by atoms with van der Waals surface area (Å²) in [5.41, 5.74) is 3.47. The molecule has 2 saturated heterocycles. The molecule has 1 aromatic heterocycles. The van der Waals surface area contributed by atoms with Crippen molar-refractivity contribution in [2.45, 2.75) is 173 Å². The number of allylic oxidation sites excluding steroid dienone is 2. The molecule has 1 amide bonds. The van der Waals surface area contributed by atoms with Crippen molar-refractivity contribution in [2.75, 3.05) is 33.0 Å². The van der Waals surface area contributed by atoms with Gasteiger partial charge >= 0.3 is 5.97 Å². The van der Waals surface area contributed by atoms with Crippen molar-refractivity contribution < 1.29 is 59.9 Å². The quantitative estimate of drug-likeness (QED) is 0.0815. The number of amides is 1. The Balaban J connectivity index is 1.22. The second-order valence-electron chi connectivity index (χ2n) is 25.3. The molecule has 3 heterocycles. The van der Waals surface area contributed by atoms with Gasteiger partial charge in [0, 0.05) is 60.0 Å². The van der Waals surface area contributed by atoms with Crippen molar-refractivity contribution in [1.29, 1.82) is 0 Å². The molecule has 16 heteroatoms. The number of fused-ring (bicyclic) bond motifs is 2. The Morgan fingerprint density at radius 2 is 1.70 bits per heavy atom. The van der Waals surface area contributed by atoms with E-state index in [-0.39, 0.29) is 48.2 Å². The number of ether oxygens (including phenoxy) is 2. The van der Waals surface area contributed by atoms with Gasteiger partial charge in [-0.1, -0.05) is 58.1 Å². The fourth-order valence-corrected chi connectivity index (χ4v) is 19.1. The Labute approximate surface area is 418 Å². The van der Waals surface area contributed by atoms with E-state index < -0.39 is 118 Å². The number of nitrogens with one attached hydrogen (secondary N) is 2. The van der Waals surface area contributed by atoms with Crippen LogP contribution in [0.25, 0.3) is 0 Å². The number of nitrogens with two attached hydrogens (primary N) is 1. The maximum Gasteiger partial charge on any atom is 0.310 e. The number of aromatic amines is 1. The molecule has 1 aromatic rings. The molecule has 10 rings (SSSR count). The Bertz CT molecular complexity index is 2260. The molecule has 394 valence electrons. The van der Waals surface area contributed by atoms with Crippen LogP contribution >= 0.6 is 0 Å². The lowest BCUT2D eigenvalue weighted by Gasteiger charge is -2.79. The summed E-state index contributed by atoms with van der Waals surface area (Å²) in [5, 5.41) is 95.9. The molecule has 71 heavy (non-hydrogen) atoms. The number of hydrogen-bond acceptors (Lipinski definition) is 13. The third-order valence-electron chi connectivity index (χ3n) is 22.8. The van der Waals surface area contributed by atoms with Gasteiger partial charge in [0.25, 0.3) is 0 Å². The number of aliphatic hydroxyl groups excluding tert-OH is 7. The molecule has 9 aliphatic rings. The number of aliphatic carboxylic acids is 1.